The lowest BCUT2D eigenvalue weighted by Gasteiger charge is -2.08. The van der Waals surface area contributed by atoms with Gasteiger partial charge in [0.1, 0.15) is 5.78 Å². The van der Waals surface area contributed by atoms with Crippen molar-refractivity contribution in [1.82, 2.24) is 0 Å². The van der Waals surface area contributed by atoms with Crippen LogP contribution in [0.15, 0.2) is 12.1 Å². The number of Topliss-reactive ketones (excluding diaryl/α,β-unsaturated/α-hetero) is 1. The van der Waals surface area contributed by atoms with Crippen LogP contribution in [0.1, 0.15) is 22.3 Å². The molecule has 0 aromatic heterocycles. The Hall–Kier alpha value is -1.15. The number of benzene rings is 1. The fourth-order valence-electron chi connectivity index (χ4n) is 2.07. The zero-order valence-corrected chi connectivity index (χ0v) is 8.59. The molecule has 1 aromatic rings. The number of hydrogen-bond donors (Lipinski definition) is 0. The molecule has 2 heteroatoms. The van der Waals surface area contributed by atoms with Crippen LogP contribution < -0.4 is 0 Å². The lowest BCUT2D eigenvalue weighted by atomic mass is 9.99. The van der Waals surface area contributed by atoms with Crippen LogP contribution in [-0.4, -0.2) is 12.9 Å². The van der Waals surface area contributed by atoms with Gasteiger partial charge in [-0.05, 0) is 29.2 Å². The van der Waals surface area contributed by atoms with Crippen LogP contribution >= 0.6 is 0 Å². The summed E-state index contributed by atoms with van der Waals surface area (Å²) < 4.78 is 5.12. The molecule has 0 heterocycles. The van der Waals surface area contributed by atoms with Crippen LogP contribution in [0.3, 0.4) is 0 Å². The molecule has 0 spiro atoms. The topological polar surface area (TPSA) is 26.3 Å². The van der Waals surface area contributed by atoms with Crippen LogP contribution in [0.5, 0.6) is 0 Å². The molecule has 0 atom stereocenters. The number of aryl methyl sites for hydroxylation is 1. The largest absolute Gasteiger partial charge is 0.380 e. The predicted molar refractivity (Wildman–Crippen MR) is 54.3 cm³/mol. The van der Waals surface area contributed by atoms with Gasteiger partial charge in [-0.3, -0.25) is 4.79 Å². The van der Waals surface area contributed by atoms with Gasteiger partial charge in [0.05, 0.1) is 6.61 Å². The molecule has 74 valence electrons. The molecule has 2 nitrogen and oxygen atoms in total. The minimum Gasteiger partial charge on any atom is -0.380 e. The first-order chi connectivity index (χ1) is 6.72. The maximum Gasteiger partial charge on any atom is 0.141 e. The van der Waals surface area contributed by atoms with Crippen LogP contribution in [0, 0.1) is 6.92 Å². The molecule has 0 fully saturated rings. The van der Waals surface area contributed by atoms with Crippen molar-refractivity contribution in [3.05, 3.63) is 34.4 Å². The molecule has 0 amide bonds. The highest BCUT2D eigenvalue weighted by atomic mass is 16.5. The van der Waals surface area contributed by atoms with Crippen molar-refractivity contribution >= 4 is 5.78 Å². The fourth-order valence-corrected chi connectivity index (χ4v) is 2.07. The normalized spacial score (nSPS) is 14.6. The molecule has 0 bridgehead atoms. The zero-order chi connectivity index (χ0) is 10.1. The maximum atomic E-state index is 11.4. The van der Waals surface area contributed by atoms with E-state index in [0.29, 0.717) is 25.2 Å². The van der Waals surface area contributed by atoms with Gasteiger partial charge in [-0.1, -0.05) is 12.1 Å². The number of hydrogen-bond acceptors (Lipinski definition) is 2. The van der Waals surface area contributed by atoms with Crippen molar-refractivity contribution in [3.63, 3.8) is 0 Å². The van der Waals surface area contributed by atoms with E-state index in [1.54, 1.807) is 7.11 Å². The molecule has 2 rings (SSSR count). The Morgan fingerprint density at radius 2 is 2.00 bits per heavy atom. The third-order valence-electron chi connectivity index (χ3n) is 2.81. The van der Waals surface area contributed by atoms with E-state index in [9.17, 15) is 4.79 Å². The second kappa shape index (κ2) is 3.54. The summed E-state index contributed by atoms with van der Waals surface area (Å²) in [6.07, 6.45) is 1.20. The SMILES string of the molecule is COCc1ccc(C)c2c1CC(=O)C2. The lowest BCUT2D eigenvalue weighted by molar-refractivity contribution is -0.117. The first kappa shape index (κ1) is 9.41. The highest BCUT2D eigenvalue weighted by Gasteiger charge is 2.22. The molecule has 0 saturated carbocycles. The number of carbonyl (C=O) groups is 1. The molecular weight excluding hydrogens is 176 g/mol. The highest BCUT2D eigenvalue weighted by Crippen LogP contribution is 2.26. The second-order valence-electron chi connectivity index (χ2n) is 3.82. The van der Waals surface area contributed by atoms with Gasteiger partial charge in [-0.25, -0.2) is 0 Å². The molecule has 0 N–H and O–H groups in total. The number of ether oxygens (including phenoxy) is 1. The number of rotatable bonds is 2. The first-order valence-corrected chi connectivity index (χ1v) is 4.83. The summed E-state index contributed by atoms with van der Waals surface area (Å²) in [5.74, 6) is 0.326. The van der Waals surface area contributed by atoms with Gasteiger partial charge >= 0.3 is 0 Å². The van der Waals surface area contributed by atoms with E-state index in [-0.39, 0.29) is 0 Å². The smallest absolute Gasteiger partial charge is 0.141 e. The van der Waals surface area contributed by atoms with Crippen LogP contribution in [0.25, 0.3) is 0 Å². The minimum atomic E-state index is 0.326. The summed E-state index contributed by atoms with van der Waals surface area (Å²) in [5, 5.41) is 0. The Kier molecular flexibility index (Phi) is 2.38. The van der Waals surface area contributed by atoms with E-state index in [1.165, 1.54) is 22.3 Å². The summed E-state index contributed by atoms with van der Waals surface area (Å²) in [7, 11) is 1.68. The average molecular weight is 190 g/mol. The van der Waals surface area contributed by atoms with Gasteiger partial charge in [-0.15, -0.1) is 0 Å². The van der Waals surface area contributed by atoms with Crippen molar-refractivity contribution in [2.24, 2.45) is 0 Å². The molecule has 0 unspecified atom stereocenters. The quantitative estimate of drug-likeness (QED) is 0.711. The minimum absolute atomic E-state index is 0.326. The van der Waals surface area contributed by atoms with E-state index in [2.05, 4.69) is 19.1 Å². The summed E-state index contributed by atoms with van der Waals surface area (Å²) in [6.45, 7) is 2.67. The molecule has 1 aliphatic carbocycles. The molecule has 0 aliphatic heterocycles. The van der Waals surface area contributed by atoms with Crippen LogP contribution in [0.4, 0.5) is 0 Å². The van der Waals surface area contributed by atoms with E-state index in [1.807, 2.05) is 0 Å². The van der Waals surface area contributed by atoms with Gasteiger partial charge in [0.25, 0.3) is 0 Å². The first-order valence-electron chi connectivity index (χ1n) is 4.83. The number of methoxy groups -OCH3 is 1. The third kappa shape index (κ3) is 1.46. The van der Waals surface area contributed by atoms with E-state index < -0.39 is 0 Å². The Morgan fingerprint density at radius 1 is 1.29 bits per heavy atom. The molecule has 1 aromatic carbocycles. The maximum absolute atomic E-state index is 11.4. The van der Waals surface area contributed by atoms with Crippen molar-refractivity contribution in [2.75, 3.05) is 7.11 Å². The molecular formula is C12H14O2. The summed E-state index contributed by atoms with van der Waals surface area (Å²) >= 11 is 0. The van der Waals surface area contributed by atoms with Gasteiger partial charge in [-0.2, -0.15) is 0 Å². The van der Waals surface area contributed by atoms with Crippen LogP contribution in [0.2, 0.25) is 0 Å². The number of fused-ring (bicyclic) bond motifs is 1. The van der Waals surface area contributed by atoms with E-state index in [4.69, 9.17) is 4.74 Å². The molecule has 0 saturated heterocycles. The Balaban J connectivity index is 2.47. The summed E-state index contributed by atoms with van der Waals surface area (Å²) in [5.41, 5.74) is 4.83. The monoisotopic (exact) mass is 190 g/mol. The van der Waals surface area contributed by atoms with Crippen molar-refractivity contribution in [2.45, 2.75) is 26.4 Å². The standard InChI is InChI=1S/C12H14O2/c1-8-3-4-9(7-14-2)12-6-10(13)5-11(8)12/h3-4H,5-7H2,1-2H3. The average Bonchev–Trinajstić information content (AvgIpc) is 2.53. The summed E-state index contributed by atoms with van der Waals surface area (Å²) in [6, 6.07) is 4.14. The van der Waals surface area contributed by atoms with Crippen molar-refractivity contribution < 1.29 is 9.53 Å². The molecule has 0 radical (unpaired) electrons. The fraction of sp³-hybridized carbons (Fsp3) is 0.417. The van der Waals surface area contributed by atoms with E-state index in [0.717, 1.165) is 0 Å². The van der Waals surface area contributed by atoms with Crippen molar-refractivity contribution in [3.8, 4) is 0 Å². The van der Waals surface area contributed by atoms with Gasteiger partial charge in [0.2, 0.25) is 0 Å². The Bertz CT molecular complexity index is 380. The highest BCUT2D eigenvalue weighted by molar-refractivity contribution is 5.89. The van der Waals surface area contributed by atoms with Gasteiger partial charge < -0.3 is 4.74 Å². The Labute approximate surface area is 83.9 Å². The second-order valence-corrected chi connectivity index (χ2v) is 3.82. The Morgan fingerprint density at radius 3 is 2.71 bits per heavy atom. The van der Waals surface area contributed by atoms with Gasteiger partial charge in [0.15, 0.2) is 0 Å². The summed E-state index contributed by atoms with van der Waals surface area (Å²) in [4.78, 5) is 11.4. The van der Waals surface area contributed by atoms with E-state index >= 15 is 0 Å². The van der Waals surface area contributed by atoms with Crippen molar-refractivity contribution in [1.29, 1.82) is 0 Å². The zero-order valence-electron chi connectivity index (χ0n) is 8.59. The predicted octanol–water partition coefficient (Wildman–Crippen LogP) is 1.81. The number of ketones is 1. The number of carbonyl (C=O) groups excluding carboxylic acids is 1. The van der Waals surface area contributed by atoms with Gasteiger partial charge in [0, 0.05) is 20.0 Å². The molecule has 14 heavy (non-hydrogen) atoms. The van der Waals surface area contributed by atoms with Crippen LogP contribution in [-0.2, 0) is 29.0 Å². The molecule has 1 aliphatic rings. The lowest BCUT2D eigenvalue weighted by Crippen LogP contribution is -1.97. The third-order valence-corrected chi connectivity index (χ3v) is 2.81.